The summed E-state index contributed by atoms with van der Waals surface area (Å²) in [5.74, 6) is 0.341. The average Bonchev–Trinajstić information content (AvgIpc) is 3.29. The van der Waals surface area contributed by atoms with Gasteiger partial charge in [-0.3, -0.25) is 4.79 Å². The molecule has 1 amide bonds. The molecule has 1 fully saturated rings. The van der Waals surface area contributed by atoms with Crippen LogP contribution in [0.25, 0.3) is 6.08 Å². The minimum absolute atomic E-state index is 0.0977. The lowest BCUT2D eigenvalue weighted by Crippen LogP contribution is -2.13. The van der Waals surface area contributed by atoms with Crippen LogP contribution in [0.5, 0.6) is 5.75 Å². The number of rotatable bonds is 6. The lowest BCUT2D eigenvalue weighted by molar-refractivity contribution is -0.112. The molecule has 0 bridgehead atoms. The normalized spacial score (nSPS) is 14.7. The van der Waals surface area contributed by atoms with Crippen molar-refractivity contribution in [3.05, 3.63) is 52.9 Å². The number of nitrogens with one attached hydrogen (secondary N) is 1. The molecule has 5 heteroatoms. The molecule has 1 heterocycles. The molecule has 1 aliphatic carbocycles. The summed E-state index contributed by atoms with van der Waals surface area (Å²) >= 11 is 0. The topological polar surface area (TPSA) is 67.0 Å². The van der Waals surface area contributed by atoms with Gasteiger partial charge in [0.2, 0.25) is 0 Å². The second-order valence-electron chi connectivity index (χ2n) is 7.22. The summed E-state index contributed by atoms with van der Waals surface area (Å²) in [6, 6.07) is 11.8. The zero-order valence-corrected chi connectivity index (χ0v) is 16.8. The van der Waals surface area contributed by atoms with Gasteiger partial charge in [0.25, 0.3) is 5.91 Å². The Morgan fingerprint density at radius 3 is 2.57 bits per heavy atom. The van der Waals surface area contributed by atoms with Gasteiger partial charge in [-0.05, 0) is 75.6 Å². The molecule has 5 nitrogen and oxygen atoms in total. The fourth-order valence-corrected chi connectivity index (χ4v) is 3.98. The highest BCUT2D eigenvalue weighted by Crippen LogP contribution is 2.33. The molecule has 1 saturated carbocycles. The van der Waals surface area contributed by atoms with Crippen molar-refractivity contribution < 1.29 is 9.53 Å². The Morgan fingerprint density at radius 2 is 1.96 bits per heavy atom. The van der Waals surface area contributed by atoms with Crippen molar-refractivity contribution in [2.45, 2.75) is 52.5 Å². The maximum Gasteiger partial charge on any atom is 0.266 e. The van der Waals surface area contributed by atoms with Gasteiger partial charge in [0.15, 0.2) is 0 Å². The van der Waals surface area contributed by atoms with Gasteiger partial charge in [0.05, 0.1) is 6.61 Å². The van der Waals surface area contributed by atoms with Crippen LogP contribution in [-0.2, 0) is 4.79 Å². The standard InChI is InChI=1S/C23H27N3O2/c1-4-28-22-11-9-20(10-12-22)25-23(27)19(15-24)14-18-13-16(2)26(17(18)3)21-7-5-6-8-21/h9-14,21H,4-8H2,1-3H3,(H,25,27)/b19-14-. The summed E-state index contributed by atoms with van der Waals surface area (Å²) in [5, 5.41) is 12.3. The lowest BCUT2D eigenvalue weighted by atomic mass is 10.1. The van der Waals surface area contributed by atoms with E-state index >= 15 is 0 Å². The zero-order chi connectivity index (χ0) is 20.1. The van der Waals surface area contributed by atoms with E-state index in [0.717, 1.165) is 17.0 Å². The Bertz CT molecular complexity index is 911. The second-order valence-corrected chi connectivity index (χ2v) is 7.22. The number of amides is 1. The first-order valence-electron chi connectivity index (χ1n) is 9.88. The van der Waals surface area contributed by atoms with Gasteiger partial charge in [0, 0.05) is 23.1 Å². The van der Waals surface area contributed by atoms with Crippen LogP contribution in [-0.4, -0.2) is 17.1 Å². The van der Waals surface area contributed by atoms with E-state index in [1.165, 1.54) is 31.4 Å². The van der Waals surface area contributed by atoms with E-state index in [4.69, 9.17) is 4.74 Å². The number of aromatic nitrogens is 1. The van der Waals surface area contributed by atoms with E-state index in [0.29, 0.717) is 18.3 Å². The molecule has 1 aliphatic rings. The van der Waals surface area contributed by atoms with E-state index in [2.05, 4.69) is 29.8 Å². The van der Waals surface area contributed by atoms with Crippen LogP contribution < -0.4 is 10.1 Å². The first-order chi connectivity index (χ1) is 13.5. The molecule has 3 rings (SSSR count). The highest BCUT2D eigenvalue weighted by molar-refractivity contribution is 6.09. The Kier molecular flexibility index (Phi) is 6.20. The highest BCUT2D eigenvalue weighted by Gasteiger charge is 2.21. The van der Waals surface area contributed by atoms with Crippen molar-refractivity contribution in [1.29, 1.82) is 5.26 Å². The zero-order valence-electron chi connectivity index (χ0n) is 16.8. The molecule has 2 aromatic rings. The van der Waals surface area contributed by atoms with E-state index in [1.807, 2.05) is 13.0 Å². The van der Waals surface area contributed by atoms with Gasteiger partial charge in [-0.15, -0.1) is 0 Å². The van der Waals surface area contributed by atoms with E-state index in [1.54, 1.807) is 30.3 Å². The number of nitriles is 1. The molecule has 0 unspecified atom stereocenters. The van der Waals surface area contributed by atoms with Crippen molar-refractivity contribution in [3.63, 3.8) is 0 Å². The molecular formula is C23H27N3O2. The van der Waals surface area contributed by atoms with Gasteiger partial charge in [-0.1, -0.05) is 12.8 Å². The van der Waals surface area contributed by atoms with Crippen molar-refractivity contribution in [2.75, 3.05) is 11.9 Å². The molecule has 146 valence electrons. The number of carbonyl (C=O) groups is 1. The number of benzene rings is 1. The van der Waals surface area contributed by atoms with Crippen molar-refractivity contribution in [1.82, 2.24) is 4.57 Å². The van der Waals surface area contributed by atoms with Crippen LogP contribution in [0.15, 0.2) is 35.9 Å². The van der Waals surface area contributed by atoms with Crippen LogP contribution >= 0.6 is 0 Å². The Morgan fingerprint density at radius 1 is 1.29 bits per heavy atom. The smallest absolute Gasteiger partial charge is 0.266 e. The second kappa shape index (κ2) is 8.79. The van der Waals surface area contributed by atoms with Crippen LogP contribution in [0.2, 0.25) is 0 Å². The lowest BCUT2D eigenvalue weighted by Gasteiger charge is -2.17. The van der Waals surface area contributed by atoms with Crippen molar-refractivity contribution in [2.24, 2.45) is 0 Å². The Balaban J connectivity index is 1.79. The van der Waals surface area contributed by atoms with Crippen LogP contribution in [0.3, 0.4) is 0 Å². The predicted octanol–water partition coefficient (Wildman–Crippen LogP) is 5.16. The molecule has 0 spiro atoms. The van der Waals surface area contributed by atoms with Crippen molar-refractivity contribution >= 4 is 17.7 Å². The van der Waals surface area contributed by atoms with Crippen LogP contribution in [0.4, 0.5) is 5.69 Å². The minimum atomic E-state index is -0.405. The van der Waals surface area contributed by atoms with Gasteiger partial charge >= 0.3 is 0 Å². The average molecular weight is 377 g/mol. The first kappa shape index (κ1) is 19.8. The van der Waals surface area contributed by atoms with Crippen molar-refractivity contribution in [3.8, 4) is 11.8 Å². The molecule has 28 heavy (non-hydrogen) atoms. The number of carbonyl (C=O) groups excluding carboxylic acids is 1. The van der Waals surface area contributed by atoms with E-state index in [-0.39, 0.29) is 5.57 Å². The third kappa shape index (κ3) is 4.28. The maximum absolute atomic E-state index is 12.6. The summed E-state index contributed by atoms with van der Waals surface area (Å²) in [4.78, 5) is 12.6. The van der Waals surface area contributed by atoms with Crippen LogP contribution in [0, 0.1) is 25.2 Å². The molecule has 0 aliphatic heterocycles. The molecule has 1 aromatic carbocycles. The van der Waals surface area contributed by atoms with Gasteiger partial charge in [-0.2, -0.15) is 5.26 Å². The number of ether oxygens (including phenoxy) is 1. The molecule has 1 N–H and O–H groups in total. The fraction of sp³-hybridized carbons (Fsp3) is 0.391. The van der Waals surface area contributed by atoms with Crippen LogP contribution in [0.1, 0.15) is 55.6 Å². The Hall–Kier alpha value is -3.00. The fourth-order valence-electron chi connectivity index (χ4n) is 3.98. The Labute approximate surface area is 166 Å². The molecule has 0 atom stereocenters. The summed E-state index contributed by atoms with van der Waals surface area (Å²) in [6.07, 6.45) is 6.62. The summed E-state index contributed by atoms with van der Waals surface area (Å²) in [5.41, 5.74) is 3.96. The molecule has 0 saturated heterocycles. The predicted molar refractivity (Wildman–Crippen MR) is 111 cm³/mol. The third-order valence-electron chi connectivity index (χ3n) is 5.30. The molecular weight excluding hydrogens is 350 g/mol. The number of anilines is 1. The summed E-state index contributed by atoms with van der Waals surface area (Å²) < 4.78 is 7.76. The number of aryl methyl sites for hydroxylation is 1. The summed E-state index contributed by atoms with van der Waals surface area (Å²) in [7, 11) is 0. The van der Waals surface area contributed by atoms with Gasteiger partial charge in [0.1, 0.15) is 17.4 Å². The number of hydrogen-bond acceptors (Lipinski definition) is 3. The highest BCUT2D eigenvalue weighted by atomic mass is 16.5. The SMILES string of the molecule is CCOc1ccc(NC(=O)/C(C#N)=C\c2cc(C)n(C3CCCC3)c2C)cc1. The first-order valence-corrected chi connectivity index (χ1v) is 9.88. The van der Waals surface area contributed by atoms with Gasteiger partial charge < -0.3 is 14.6 Å². The van der Waals surface area contributed by atoms with Gasteiger partial charge in [-0.25, -0.2) is 0 Å². The third-order valence-corrected chi connectivity index (χ3v) is 5.30. The number of hydrogen-bond donors (Lipinski definition) is 1. The quantitative estimate of drug-likeness (QED) is 0.558. The maximum atomic E-state index is 12.6. The molecule has 1 aromatic heterocycles. The van der Waals surface area contributed by atoms with E-state index < -0.39 is 5.91 Å². The molecule has 0 radical (unpaired) electrons. The summed E-state index contributed by atoms with van der Waals surface area (Å²) in [6.45, 7) is 6.67. The monoisotopic (exact) mass is 377 g/mol. The minimum Gasteiger partial charge on any atom is -0.494 e. The number of nitrogens with zero attached hydrogens (tertiary/aromatic N) is 2. The largest absolute Gasteiger partial charge is 0.494 e. The van der Waals surface area contributed by atoms with E-state index in [9.17, 15) is 10.1 Å².